The zero-order valence-electron chi connectivity index (χ0n) is 6.18. The van der Waals surface area contributed by atoms with Crippen LogP contribution in [0.5, 0.6) is 0 Å². The van der Waals surface area contributed by atoms with Gasteiger partial charge in [-0.1, -0.05) is 0 Å². The molecule has 0 aromatic rings. The molecule has 54 valence electrons. The van der Waals surface area contributed by atoms with Crippen molar-refractivity contribution >= 4 is 0 Å². The van der Waals surface area contributed by atoms with Crippen LogP contribution < -0.4 is 5.32 Å². The molecule has 0 amide bonds. The molecule has 1 aliphatic rings. The number of hydrogen-bond donors (Lipinski definition) is 1. The van der Waals surface area contributed by atoms with Gasteiger partial charge >= 0.3 is 0 Å². The van der Waals surface area contributed by atoms with E-state index in [1.54, 1.807) is 7.11 Å². The predicted molar refractivity (Wildman–Crippen MR) is 37.4 cm³/mol. The summed E-state index contributed by atoms with van der Waals surface area (Å²) < 4.78 is 5.03. The zero-order chi connectivity index (χ0) is 6.69. The Labute approximate surface area is 56.6 Å². The topological polar surface area (TPSA) is 21.3 Å². The van der Waals surface area contributed by atoms with E-state index >= 15 is 0 Å². The van der Waals surface area contributed by atoms with Crippen LogP contribution in [0, 0.1) is 5.92 Å². The molecule has 1 N–H and O–H groups in total. The summed E-state index contributed by atoms with van der Waals surface area (Å²) in [5.41, 5.74) is 0. The van der Waals surface area contributed by atoms with Gasteiger partial charge in [-0.15, -0.1) is 0 Å². The average molecular weight is 129 g/mol. The fourth-order valence-corrected chi connectivity index (χ4v) is 1.40. The van der Waals surface area contributed by atoms with Gasteiger partial charge in [-0.25, -0.2) is 0 Å². The lowest BCUT2D eigenvalue weighted by atomic mass is 10.1. The molecule has 0 aromatic carbocycles. The van der Waals surface area contributed by atoms with E-state index in [4.69, 9.17) is 4.74 Å². The molecule has 0 spiro atoms. The Kier molecular flexibility index (Phi) is 2.49. The summed E-state index contributed by atoms with van der Waals surface area (Å²) >= 11 is 0. The molecule has 1 rings (SSSR count). The van der Waals surface area contributed by atoms with Gasteiger partial charge in [0.15, 0.2) is 0 Å². The molecule has 1 aliphatic heterocycles. The third-order valence-corrected chi connectivity index (χ3v) is 1.84. The normalized spacial score (nSPS) is 35.3. The van der Waals surface area contributed by atoms with E-state index in [0.717, 1.165) is 19.1 Å². The maximum absolute atomic E-state index is 5.03. The number of hydrogen-bond acceptors (Lipinski definition) is 2. The summed E-state index contributed by atoms with van der Waals surface area (Å²) in [6.45, 7) is 4.27. The molecule has 2 nitrogen and oxygen atoms in total. The molecule has 1 fully saturated rings. The Hall–Kier alpha value is -0.0800. The molecular formula is C7H15NO. The molecule has 0 bridgehead atoms. The van der Waals surface area contributed by atoms with E-state index in [0.29, 0.717) is 6.04 Å². The van der Waals surface area contributed by atoms with Crippen molar-refractivity contribution in [3.05, 3.63) is 0 Å². The van der Waals surface area contributed by atoms with Crippen molar-refractivity contribution in [1.82, 2.24) is 5.32 Å². The van der Waals surface area contributed by atoms with Gasteiger partial charge in [-0.2, -0.15) is 0 Å². The Balaban J connectivity index is 2.14. The lowest BCUT2D eigenvalue weighted by molar-refractivity contribution is 0.159. The molecule has 0 saturated carbocycles. The van der Waals surface area contributed by atoms with Crippen molar-refractivity contribution < 1.29 is 4.74 Å². The van der Waals surface area contributed by atoms with Crippen LogP contribution in [0.15, 0.2) is 0 Å². The van der Waals surface area contributed by atoms with Crippen LogP contribution in [0.2, 0.25) is 0 Å². The van der Waals surface area contributed by atoms with Crippen molar-refractivity contribution in [3.8, 4) is 0 Å². The summed E-state index contributed by atoms with van der Waals surface area (Å²) in [5.74, 6) is 0.755. The molecule has 0 radical (unpaired) electrons. The minimum absolute atomic E-state index is 0.699. The molecule has 9 heavy (non-hydrogen) atoms. The van der Waals surface area contributed by atoms with Crippen LogP contribution >= 0.6 is 0 Å². The second kappa shape index (κ2) is 3.18. The van der Waals surface area contributed by atoms with Crippen LogP contribution in [0.4, 0.5) is 0 Å². The number of ether oxygens (including phenoxy) is 1. The van der Waals surface area contributed by atoms with E-state index in [1.165, 1.54) is 6.42 Å². The second-order valence-electron chi connectivity index (χ2n) is 2.87. The summed E-state index contributed by atoms with van der Waals surface area (Å²) in [6.07, 6.45) is 1.27. The lowest BCUT2D eigenvalue weighted by Gasteiger charge is -2.04. The zero-order valence-corrected chi connectivity index (χ0v) is 6.18. The number of nitrogens with one attached hydrogen (secondary N) is 1. The highest BCUT2D eigenvalue weighted by Crippen LogP contribution is 2.12. The number of rotatable bonds is 2. The monoisotopic (exact) mass is 129 g/mol. The van der Waals surface area contributed by atoms with Gasteiger partial charge in [0, 0.05) is 19.7 Å². The molecule has 2 atom stereocenters. The fourth-order valence-electron chi connectivity index (χ4n) is 1.40. The molecule has 0 aromatic heterocycles. The lowest BCUT2D eigenvalue weighted by Crippen LogP contribution is -2.17. The quantitative estimate of drug-likeness (QED) is 0.590. The van der Waals surface area contributed by atoms with E-state index in [1.807, 2.05) is 0 Å². The fraction of sp³-hybridized carbons (Fsp3) is 1.00. The predicted octanol–water partition coefficient (Wildman–Crippen LogP) is 0.631. The Morgan fingerprint density at radius 2 is 2.44 bits per heavy atom. The molecule has 2 heteroatoms. The van der Waals surface area contributed by atoms with E-state index < -0.39 is 0 Å². The maximum atomic E-state index is 5.03. The third-order valence-electron chi connectivity index (χ3n) is 1.84. The Morgan fingerprint density at radius 3 is 2.89 bits per heavy atom. The van der Waals surface area contributed by atoms with Crippen LogP contribution in [0.25, 0.3) is 0 Å². The van der Waals surface area contributed by atoms with Gasteiger partial charge in [0.05, 0.1) is 6.61 Å². The van der Waals surface area contributed by atoms with E-state index in [2.05, 4.69) is 12.2 Å². The van der Waals surface area contributed by atoms with Crippen LogP contribution in [0.1, 0.15) is 13.3 Å². The molecule has 1 heterocycles. The minimum Gasteiger partial charge on any atom is -0.384 e. The van der Waals surface area contributed by atoms with Crippen LogP contribution in [-0.2, 0) is 4.74 Å². The summed E-state index contributed by atoms with van der Waals surface area (Å²) in [4.78, 5) is 0. The minimum atomic E-state index is 0.699. The van der Waals surface area contributed by atoms with Crippen LogP contribution in [-0.4, -0.2) is 26.3 Å². The first-order valence-electron chi connectivity index (χ1n) is 3.55. The van der Waals surface area contributed by atoms with E-state index in [9.17, 15) is 0 Å². The summed E-state index contributed by atoms with van der Waals surface area (Å²) in [6, 6.07) is 0.699. The number of methoxy groups -OCH3 is 1. The van der Waals surface area contributed by atoms with Gasteiger partial charge in [0.1, 0.15) is 0 Å². The second-order valence-corrected chi connectivity index (χ2v) is 2.87. The molecule has 1 saturated heterocycles. The van der Waals surface area contributed by atoms with E-state index in [-0.39, 0.29) is 0 Å². The smallest absolute Gasteiger partial charge is 0.0503 e. The highest BCUT2D eigenvalue weighted by Gasteiger charge is 2.19. The standard InChI is InChI=1S/C7H15NO/c1-6-3-7(4-8-6)5-9-2/h6-8H,3-5H2,1-2H3. The first-order valence-corrected chi connectivity index (χ1v) is 3.55. The van der Waals surface area contributed by atoms with Gasteiger partial charge < -0.3 is 10.1 Å². The SMILES string of the molecule is COCC1CNC(C)C1. The highest BCUT2D eigenvalue weighted by molar-refractivity contribution is 4.77. The van der Waals surface area contributed by atoms with Gasteiger partial charge in [-0.05, 0) is 19.3 Å². The van der Waals surface area contributed by atoms with Gasteiger partial charge in [0.2, 0.25) is 0 Å². The third kappa shape index (κ3) is 1.95. The van der Waals surface area contributed by atoms with Crippen molar-refractivity contribution in [2.45, 2.75) is 19.4 Å². The van der Waals surface area contributed by atoms with Crippen LogP contribution in [0.3, 0.4) is 0 Å². The summed E-state index contributed by atoms with van der Waals surface area (Å²) in [5, 5.41) is 3.37. The molecular weight excluding hydrogens is 114 g/mol. The highest BCUT2D eigenvalue weighted by atomic mass is 16.5. The van der Waals surface area contributed by atoms with Crippen molar-refractivity contribution in [2.24, 2.45) is 5.92 Å². The first-order chi connectivity index (χ1) is 4.33. The van der Waals surface area contributed by atoms with Crippen molar-refractivity contribution in [1.29, 1.82) is 0 Å². The van der Waals surface area contributed by atoms with Gasteiger partial charge in [0.25, 0.3) is 0 Å². The van der Waals surface area contributed by atoms with Gasteiger partial charge in [-0.3, -0.25) is 0 Å². The Bertz CT molecular complexity index is 83.0. The molecule has 0 aliphatic carbocycles. The first kappa shape index (κ1) is 7.03. The van der Waals surface area contributed by atoms with Crippen molar-refractivity contribution in [3.63, 3.8) is 0 Å². The average Bonchev–Trinajstić information content (AvgIpc) is 2.17. The molecule has 2 unspecified atom stereocenters. The Morgan fingerprint density at radius 1 is 1.67 bits per heavy atom. The largest absolute Gasteiger partial charge is 0.384 e. The van der Waals surface area contributed by atoms with Crippen molar-refractivity contribution in [2.75, 3.05) is 20.3 Å². The summed E-state index contributed by atoms with van der Waals surface area (Å²) in [7, 11) is 1.77. The maximum Gasteiger partial charge on any atom is 0.0503 e.